The van der Waals surface area contributed by atoms with Crippen molar-refractivity contribution in [3.8, 4) is 46.0 Å². The van der Waals surface area contributed by atoms with Crippen LogP contribution in [0.3, 0.4) is 0 Å². The number of halogens is 4. The van der Waals surface area contributed by atoms with Gasteiger partial charge in [0.2, 0.25) is 0 Å². The van der Waals surface area contributed by atoms with Crippen LogP contribution in [0.4, 0.5) is 45.5 Å². The topological polar surface area (TPSA) is 252 Å². The second-order valence-electron chi connectivity index (χ2n) is 33.8. The van der Waals surface area contributed by atoms with Crippen molar-refractivity contribution < 1.29 is 39.4 Å². The second kappa shape index (κ2) is 41.0. The molecule has 4 aromatic heterocycles. The van der Waals surface area contributed by atoms with Crippen LogP contribution < -0.4 is 45.5 Å². The number of ether oxygens (including phenoxy) is 4. The molecule has 0 bridgehead atoms. The number of hydrogen-bond donors (Lipinski definition) is 9. The van der Waals surface area contributed by atoms with E-state index < -0.39 is 0 Å². The Bertz CT molecular complexity index is 6390. The van der Waals surface area contributed by atoms with E-state index in [1.165, 1.54) is 0 Å². The van der Waals surface area contributed by atoms with Crippen LogP contribution in [0.15, 0.2) is 218 Å². The van der Waals surface area contributed by atoms with Gasteiger partial charge in [-0.1, -0.05) is 46.4 Å². The van der Waals surface area contributed by atoms with E-state index in [1.807, 2.05) is 194 Å². The number of phenolic OH excluding ortho intramolecular Hbond substituents is 4. The standard InChI is InChI=1S/3C26H27ClN4O2.C25H25ClN4O2/c3*1-30-9-11-31(12-10-30)16-17-13-19(4-8-25(17)32)28-26-21-6-3-18(27)14-24(21)29-23-7-5-20(33-2)15-22(23)26;1-32-19-4-6-22-21(14-19)25(20-5-2-17(26)13-23(20)29-22)28-18-3-7-24(31)16(12-18)15-30-10-8-27-9-11-30/h3*3-8,13-15,32H,9-12,16H2,1-2H3,(H,28,29);2-7,12-14,27,31H,8-11,15H2,1H3,(H,28,29). The number of aromatic nitrogens is 4. The first-order chi connectivity index (χ1) is 63.6. The summed E-state index contributed by atoms with van der Waals surface area (Å²) in [6.45, 7) is 19.0. The molecule has 0 radical (unpaired) electrons. The SMILES string of the molecule is COc1ccc2nc3cc(Cl)ccc3c(Nc3ccc(O)c(CN4CCN(C)CC4)c3)c2c1.COc1ccc2nc3cc(Cl)ccc3c(Nc3ccc(O)c(CN4CCN(C)CC4)c3)c2c1.COc1ccc2nc3cc(Cl)ccc3c(Nc3ccc(O)c(CN4CCN(C)CC4)c3)c2c1.COc1ccc2nc3cc(Cl)ccc3c(Nc3ccc(O)c(CN4CCNCC4)c3)c2c1. The molecule has 4 aliphatic rings. The normalized spacial score (nSPS) is 15.1. The fraction of sp³-hybridized carbons (Fsp3) is 0.262. The maximum absolute atomic E-state index is 10.5. The number of phenols is 4. The molecule has 0 aliphatic carbocycles. The van der Waals surface area contributed by atoms with Crippen molar-refractivity contribution >= 4 is 179 Å². The number of aromatic hydroxyl groups is 4. The maximum atomic E-state index is 10.5. The zero-order chi connectivity index (χ0) is 90.9. The maximum Gasteiger partial charge on any atom is 0.120 e. The predicted molar refractivity (Wildman–Crippen MR) is 535 cm³/mol. The molecule has 4 saturated heterocycles. The van der Waals surface area contributed by atoms with E-state index in [0.29, 0.717) is 49.6 Å². The van der Waals surface area contributed by atoms with Crippen LogP contribution in [0.2, 0.25) is 20.1 Å². The van der Waals surface area contributed by atoms with E-state index in [-0.39, 0.29) is 0 Å². The third-order valence-corrected chi connectivity index (χ3v) is 25.7. The smallest absolute Gasteiger partial charge is 0.120 e. The first-order valence-corrected chi connectivity index (χ1v) is 45.4. The molecule has 24 nitrogen and oxygen atoms in total. The Morgan fingerprint density at radius 3 is 0.725 bits per heavy atom. The van der Waals surface area contributed by atoms with Gasteiger partial charge in [-0.15, -0.1) is 0 Å². The lowest BCUT2D eigenvalue weighted by Crippen LogP contribution is -2.43. The molecule has 28 heteroatoms. The van der Waals surface area contributed by atoms with Gasteiger partial charge in [0.05, 0.1) is 95.3 Å². The highest BCUT2D eigenvalue weighted by molar-refractivity contribution is 6.33. The van der Waals surface area contributed by atoms with Crippen LogP contribution >= 0.6 is 46.4 Å². The van der Waals surface area contributed by atoms with Crippen molar-refractivity contribution in [1.82, 2.24) is 59.6 Å². The summed E-state index contributed by atoms with van der Waals surface area (Å²) in [5.74, 6) is 4.33. The molecule has 0 unspecified atom stereocenters. The van der Waals surface area contributed by atoms with Crippen molar-refractivity contribution in [2.24, 2.45) is 0 Å². The summed E-state index contributed by atoms with van der Waals surface area (Å²) in [5.41, 5.74) is 17.7. The summed E-state index contributed by atoms with van der Waals surface area (Å²) in [5, 5.41) is 70.0. The van der Waals surface area contributed by atoms with Gasteiger partial charge in [0, 0.05) is 239 Å². The van der Waals surface area contributed by atoms with Crippen molar-refractivity contribution in [3.05, 3.63) is 261 Å². The van der Waals surface area contributed by atoms with Gasteiger partial charge in [0.1, 0.15) is 46.0 Å². The zero-order valence-electron chi connectivity index (χ0n) is 74.3. The molecule has 8 heterocycles. The predicted octanol–water partition coefficient (Wildman–Crippen LogP) is 20.6. The van der Waals surface area contributed by atoms with E-state index in [9.17, 15) is 20.4 Å². The van der Waals surface area contributed by atoms with Gasteiger partial charge >= 0.3 is 0 Å². The Kier molecular flexibility index (Phi) is 28.4. The molecule has 0 spiro atoms. The molecule has 0 saturated carbocycles. The van der Waals surface area contributed by atoms with Gasteiger partial charge in [-0.2, -0.15) is 0 Å². The van der Waals surface area contributed by atoms with Crippen molar-refractivity contribution in [2.75, 3.05) is 176 Å². The van der Waals surface area contributed by atoms with Gasteiger partial charge in [-0.05, 0) is 240 Å². The quantitative estimate of drug-likeness (QED) is 0.0254. The fourth-order valence-corrected chi connectivity index (χ4v) is 17.9. The molecule has 16 aromatic rings. The molecule has 0 atom stereocenters. The lowest BCUT2D eigenvalue weighted by atomic mass is 10.1. The molecule has 4 fully saturated rings. The molecular weight excluding hydrogens is 1730 g/mol. The van der Waals surface area contributed by atoms with Crippen LogP contribution in [0, 0.1) is 0 Å². The Morgan fingerprint density at radius 2 is 0.496 bits per heavy atom. The van der Waals surface area contributed by atoms with Crippen molar-refractivity contribution in [1.29, 1.82) is 0 Å². The molecule has 674 valence electrons. The van der Waals surface area contributed by atoms with Crippen LogP contribution in [0.5, 0.6) is 46.0 Å². The minimum Gasteiger partial charge on any atom is -0.508 e. The summed E-state index contributed by atoms with van der Waals surface area (Å²) in [4.78, 5) is 35.7. The van der Waals surface area contributed by atoms with E-state index in [1.54, 1.807) is 52.7 Å². The fourth-order valence-electron chi connectivity index (χ4n) is 17.2. The number of anilines is 8. The largest absolute Gasteiger partial charge is 0.508 e. The van der Waals surface area contributed by atoms with E-state index in [0.717, 1.165) is 302 Å². The zero-order valence-corrected chi connectivity index (χ0v) is 77.3. The summed E-state index contributed by atoms with van der Waals surface area (Å²) < 4.78 is 21.9. The van der Waals surface area contributed by atoms with Crippen LogP contribution in [-0.4, -0.2) is 229 Å². The number of methoxy groups -OCH3 is 4. The molecular formula is C103H106Cl4N16O8. The average molecular weight is 1840 g/mol. The molecule has 131 heavy (non-hydrogen) atoms. The first kappa shape index (κ1) is 90.7. The van der Waals surface area contributed by atoms with Crippen LogP contribution in [-0.2, 0) is 26.2 Å². The minimum atomic E-state index is 0.312. The Morgan fingerprint density at radius 1 is 0.267 bits per heavy atom. The third-order valence-electron chi connectivity index (χ3n) is 24.7. The van der Waals surface area contributed by atoms with Gasteiger partial charge in [0.25, 0.3) is 0 Å². The number of benzene rings is 12. The van der Waals surface area contributed by atoms with Gasteiger partial charge in [0.15, 0.2) is 0 Å². The highest BCUT2D eigenvalue weighted by Gasteiger charge is 2.24. The highest BCUT2D eigenvalue weighted by Crippen LogP contribution is 2.44. The molecule has 4 aliphatic heterocycles. The van der Waals surface area contributed by atoms with Crippen molar-refractivity contribution in [3.63, 3.8) is 0 Å². The summed E-state index contributed by atoms with van der Waals surface area (Å²) in [6, 6.07) is 69.1. The summed E-state index contributed by atoms with van der Waals surface area (Å²) >= 11 is 25.0. The van der Waals surface area contributed by atoms with Gasteiger partial charge in [-0.25, -0.2) is 19.9 Å². The van der Waals surface area contributed by atoms with Gasteiger partial charge < -0.3 is 80.7 Å². The second-order valence-corrected chi connectivity index (χ2v) is 35.5. The summed E-state index contributed by atoms with van der Waals surface area (Å²) in [6.07, 6.45) is 0. The Balaban J connectivity index is 0.000000122. The number of fused-ring (bicyclic) bond motifs is 8. The number of nitrogens with zero attached hydrogens (tertiary/aromatic N) is 11. The number of piperazine rings is 4. The first-order valence-electron chi connectivity index (χ1n) is 43.9. The molecule has 9 N–H and O–H groups in total. The van der Waals surface area contributed by atoms with E-state index >= 15 is 0 Å². The van der Waals surface area contributed by atoms with Crippen LogP contribution in [0.25, 0.3) is 87.2 Å². The third kappa shape index (κ3) is 21.7. The highest BCUT2D eigenvalue weighted by atomic mass is 35.5. The lowest BCUT2D eigenvalue weighted by Gasteiger charge is -2.32. The number of nitrogens with one attached hydrogen (secondary N) is 5. The van der Waals surface area contributed by atoms with E-state index in [2.05, 4.69) is 82.0 Å². The van der Waals surface area contributed by atoms with E-state index in [4.69, 9.17) is 85.3 Å². The van der Waals surface area contributed by atoms with Gasteiger partial charge in [-0.3, -0.25) is 19.6 Å². The van der Waals surface area contributed by atoms with Crippen molar-refractivity contribution in [2.45, 2.75) is 26.2 Å². The number of hydrogen-bond acceptors (Lipinski definition) is 24. The Labute approximate surface area is 781 Å². The summed E-state index contributed by atoms with van der Waals surface area (Å²) in [7, 11) is 13.1. The number of rotatable bonds is 20. The molecule has 0 amide bonds. The lowest BCUT2D eigenvalue weighted by molar-refractivity contribution is 0.147. The molecule has 20 rings (SSSR count). The number of pyridine rings is 4. The Hall–Kier alpha value is -12.2. The average Bonchev–Trinajstić information content (AvgIpc) is 0.775. The monoisotopic (exact) mass is 1830 g/mol. The molecule has 12 aromatic carbocycles. The number of likely N-dealkylation sites (N-methyl/N-ethyl adjacent to an activating group) is 3. The van der Waals surface area contributed by atoms with Crippen LogP contribution in [0.1, 0.15) is 22.3 Å². The minimum absolute atomic E-state index is 0.312.